The van der Waals surface area contributed by atoms with Gasteiger partial charge in [0.25, 0.3) is 0 Å². The van der Waals surface area contributed by atoms with Crippen LogP contribution in [0, 0.1) is 33.7 Å². The summed E-state index contributed by atoms with van der Waals surface area (Å²) in [5.74, 6) is 2.17. The summed E-state index contributed by atoms with van der Waals surface area (Å²) in [6.45, 7) is 0. The minimum Gasteiger partial charge on any atom is -0.844 e. The zero-order chi connectivity index (χ0) is 22.5. The van der Waals surface area contributed by atoms with Crippen LogP contribution in [0.2, 0.25) is 0 Å². The first-order chi connectivity index (χ1) is 11.9. The first-order valence-corrected chi connectivity index (χ1v) is 5.26. The van der Waals surface area contributed by atoms with Crippen molar-refractivity contribution in [2.24, 2.45) is 0 Å². The van der Waals surface area contributed by atoms with Crippen LogP contribution in [0.15, 0.2) is 0 Å². The number of halogens is 9. The van der Waals surface area contributed by atoms with Crippen molar-refractivity contribution in [2.75, 3.05) is 0 Å². The molecule has 0 heterocycles. The van der Waals surface area contributed by atoms with Crippen molar-refractivity contribution >= 4 is 47.6 Å². The summed E-state index contributed by atoms with van der Waals surface area (Å²) in [5.41, 5.74) is 0. The van der Waals surface area contributed by atoms with E-state index in [4.69, 9.17) is 15.8 Å². The van der Waals surface area contributed by atoms with Crippen molar-refractivity contribution in [2.45, 2.75) is 19.1 Å². The Balaban J connectivity index is -0.000000152. The van der Waals surface area contributed by atoms with Crippen LogP contribution in [-0.2, 0) is 14.0 Å². The quantitative estimate of drug-likeness (QED) is 0.254. The molecule has 0 saturated carbocycles. The van der Waals surface area contributed by atoms with Gasteiger partial charge in [-0.25, -0.2) is 15.8 Å². The van der Waals surface area contributed by atoms with E-state index in [0.29, 0.717) is 0 Å². The molecule has 0 aromatic carbocycles. The minimum atomic E-state index is -5.01. The van der Waals surface area contributed by atoms with Gasteiger partial charge in [-0.15, -0.1) is 39.5 Å². The smallest absolute Gasteiger partial charge is 0.844 e. The van der Waals surface area contributed by atoms with Gasteiger partial charge in [-0.3, -0.25) is 0 Å². The number of nitrogens with zero attached hydrogens (tertiary/aromatic N) is 3. The summed E-state index contributed by atoms with van der Waals surface area (Å²) in [6, 6.07) is 0. The molecule has 0 aliphatic rings. The maximum absolute atomic E-state index is 10.9. The Kier molecular flexibility index (Phi) is 19.0. The fourth-order valence-corrected chi connectivity index (χ4v) is 0.443. The first kappa shape index (κ1) is 34.2. The number of rotatable bonds is 3. The van der Waals surface area contributed by atoms with E-state index in [-0.39, 0.29) is 26.2 Å². The first-order valence-electron chi connectivity index (χ1n) is 5.26. The summed E-state index contributed by atoms with van der Waals surface area (Å²) >= 11 is 0. The molecular formula is C6B3BiF9N3O6. The van der Waals surface area contributed by atoms with E-state index < -0.39 is 40.4 Å². The molecule has 0 amide bonds. The normalized spacial score (nSPS) is 10.2. The predicted octanol–water partition coefficient (Wildman–Crippen LogP) is -2.08. The fraction of sp³-hybridized carbons (Fsp3) is 0.500. The fourth-order valence-electron chi connectivity index (χ4n) is 0.443. The van der Waals surface area contributed by atoms with Gasteiger partial charge < -0.3 is 29.0 Å². The van der Waals surface area contributed by atoms with Crippen molar-refractivity contribution < 1.29 is 68.5 Å². The molecule has 0 N–H and O–H groups in total. The Morgan fingerprint density at radius 1 is 0.536 bits per heavy atom. The average molecular weight is 622 g/mol. The zero-order valence-corrected chi connectivity index (χ0v) is 15.8. The molecule has 0 unspecified atom stereocenters. The van der Waals surface area contributed by atoms with Crippen LogP contribution in [0.25, 0.3) is 0 Å². The van der Waals surface area contributed by atoms with Crippen molar-refractivity contribution in [3.63, 3.8) is 0 Å². The Morgan fingerprint density at radius 2 is 0.679 bits per heavy atom. The summed E-state index contributed by atoms with van der Waals surface area (Å²) in [5, 5.41) is 51.4. The van der Waals surface area contributed by atoms with Crippen LogP contribution in [0.3, 0.4) is 0 Å². The number of hydrogen-bond acceptors (Lipinski definition) is 9. The molecule has 0 aliphatic heterocycles. The van der Waals surface area contributed by atoms with Gasteiger partial charge >= 0.3 is 66.6 Å². The number of nitriles is 3. The number of hydrogen-bond donors (Lipinski definition) is 0. The Hall–Kier alpha value is -1.32. The van der Waals surface area contributed by atoms with Crippen molar-refractivity contribution in [1.29, 1.82) is 15.8 Å². The van der Waals surface area contributed by atoms with Crippen molar-refractivity contribution in [3.8, 4) is 17.9 Å². The molecule has 0 atom stereocenters. The standard InChI is InChI=1S/3C2BF3NO2.Bi/c3*4-2(5,6)9-3(8)1-7;/q3*-1;+3. The Morgan fingerprint density at radius 3 is 0.714 bits per heavy atom. The van der Waals surface area contributed by atoms with Crippen LogP contribution >= 0.6 is 0 Å². The van der Waals surface area contributed by atoms with E-state index in [9.17, 15) is 54.6 Å². The molecule has 0 spiro atoms. The van der Waals surface area contributed by atoms with Crippen LogP contribution in [-0.4, -0.2) is 66.6 Å². The van der Waals surface area contributed by atoms with Gasteiger partial charge in [0.1, 0.15) is 0 Å². The predicted molar refractivity (Wildman–Crippen MR) is 61.3 cm³/mol. The van der Waals surface area contributed by atoms with E-state index in [1.807, 2.05) is 0 Å². The molecular weight excluding hydrogens is 622 g/mol. The van der Waals surface area contributed by atoms with Gasteiger partial charge in [0.15, 0.2) is 0 Å². The van der Waals surface area contributed by atoms with E-state index in [1.54, 1.807) is 0 Å². The second kappa shape index (κ2) is 15.6. The molecule has 0 bridgehead atoms. The van der Waals surface area contributed by atoms with Gasteiger partial charge in [0, 0.05) is 17.9 Å². The van der Waals surface area contributed by atoms with Gasteiger partial charge in [-0.1, -0.05) is 0 Å². The summed E-state index contributed by atoms with van der Waals surface area (Å²) in [7, 11) is -8.03. The van der Waals surface area contributed by atoms with E-state index in [1.165, 1.54) is 0 Å². The number of alkyl halides is 9. The van der Waals surface area contributed by atoms with Crippen LogP contribution < -0.4 is 15.1 Å². The van der Waals surface area contributed by atoms with Crippen LogP contribution in [0.1, 0.15) is 0 Å². The molecule has 0 rings (SSSR count). The average Bonchev–Trinajstić information content (AvgIpc) is 2.43. The molecule has 28 heavy (non-hydrogen) atoms. The summed E-state index contributed by atoms with van der Waals surface area (Å²) in [4.78, 5) is 0. The van der Waals surface area contributed by atoms with Crippen molar-refractivity contribution in [1.82, 2.24) is 0 Å². The van der Waals surface area contributed by atoms with Gasteiger partial charge in [-0.05, 0) is 0 Å². The maximum atomic E-state index is 10.9. The third-order valence-electron chi connectivity index (χ3n) is 1.04. The van der Waals surface area contributed by atoms with Gasteiger partial charge in [-0.2, -0.15) is 0 Å². The molecule has 22 heteroatoms. The topological polar surface area (TPSA) is 168 Å². The molecule has 2 radical (unpaired) electrons. The zero-order valence-electron chi connectivity index (χ0n) is 12.4. The Bertz CT molecular complexity index is 469. The van der Waals surface area contributed by atoms with E-state index in [0.717, 1.165) is 17.9 Å². The molecule has 0 aliphatic carbocycles. The Labute approximate surface area is 169 Å². The largest absolute Gasteiger partial charge is 3.00 e. The second-order valence-electron chi connectivity index (χ2n) is 3.07. The maximum Gasteiger partial charge on any atom is 3.00 e. The van der Waals surface area contributed by atoms with Gasteiger partial charge in [0.05, 0.1) is 0 Å². The third-order valence-corrected chi connectivity index (χ3v) is 1.04. The van der Waals surface area contributed by atoms with E-state index >= 15 is 0 Å². The van der Waals surface area contributed by atoms with Gasteiger partial charge in [0.2, 0.25) is 0 Å². The summed E-state index contributed by atoms with van der Waals surface area (Å²) in [6.07, 6.45) is -15.0. The third kappa shape index (κ3) is 35.7. The molecule has 0 aromatic heterocycles. The van der Waals surface area contributed by atoms with Crippen LogP contribution in [0.5, 0.6) is 0 Å². The molecule has 152 valence electrons. The SMILES string of the molecule is N#CB([O-])OC(F)(F)F.N#CB([O-])OC(F)(F)F.N#CB([O-])OC(F)(F)F.[Bi+3]. The minimum absolute atomic E-state index is 0. The molecule has 0 fully saturated rings. The molecule has 0 saturated heterocycles. The van der Waals surface area contributed by atoms with E-state index in [2.05, 4.69) is 14.0 Å². The van der Waals surface area contributed by atoms with Crippen molar-refractivity contribution in [3.05, 3.63) is 0 Å². The molecule has 9 nitrogen and oxygen atoms in total. The van der Waals surface area contributed by atoms with Crippen LogP contribution in [0.4, 0.5) is 39.5 Å². The summed E-state index contributed by atoms with van der Waals surface area (Å²) < 4.78 is 106. The second-order valence-corrected chi connectivity index (χ2v) is 3.07. The monoisotopic (exact) mass is 623 g/mol. The molecule has 0 aromatic rings.